The highest BCUT2D eigenvalue weighted by atomic mass is 16.3. The number of nitrogens with two attached hydrogens (primary N) is 1. The molecule has 0 bridgehead atoms. The number of nitrogens with zero attached hydrogens (tertiary/aromatic N) is 1. The van der Waals surface area contributed by atoms with Gasteiger partial charge in [-0.05, 0) is 48.9 Å². The van der Waals surface area contributed by atoms with E-state index in [1.807, 2.05) is 27.7 Å². The number of ketones is 4. The van der Waals surface area contributed by atoms with Crippen LogP contribution in [0.5, 0.6) is 5.75 Å². The number of phenolic OH excluding ortho intramolecular Hbond substituents is 1. The second kappa shape index (κ2) is 7.80. The van der Waals surface area contributed by atoms with E-state index in [0.717, 1.165) is 0 Å². The number of benzene rings is 1. The number of rotatable bonds is 2. The Morgan fingerprint density at radius 1 is 1.11 bits per heavy atom. The quantitative estimate of drug-likeness (QED) is 0.519. The number of Topliss-reactive ketones (excluding diaryl/α,β-unsaturated/α-hetero) is 4. The van der Waals surface area contributed by atoms with E-state index in [1.54, 1.807) is 26.2 Å². The summed E-state index contributed by atoms with van der Waals surface area (Å²) in [5.41, 5.74) is 3.29. The summed E-state index contributed by atoms with van der Waals surface area (Å²) in [6, 6.07) is 2.44. The second-order valence-corrected chi connectivity index (χ2v) is 11.5. The van der Waals surface area contributed by atoms with Crippen LogP contribution in [-0.4, -0.2) is 69.9 Å². The first kappa shape index (κ1) is 25.2. The van der Waals surface area contributed by atoms with Gasteiger partial charge in [-0.15, -0.1) is 0 Å². The number of primary amides is 1. The summed E-state index contributed by atoms with van der Waals surface area (Å²) in [5.74, 6) is -10.6. The minimum absolute atomic E-state index is 0.0246. The molecule has 0 saturated heterocycles. The van der Waals surface area contributed by atoms with Crippen LogP contribution in [0.25, 0.3) is 0 Å². The minimum atomic E-state index is -2.71. The molecular weight excluding hydrogens is 452 g/mol. The van der Waals surface area contributed by atoms with Gasteiger partial charge in [-0.3, -0.25) is 28.9 Å². The lowest BCUT2D eigenvalue weighted by atomic mass is 9.50. The molecule has 35 heavy (non-hydrogen) atoms. The number of carbonyl (C=O) groups excluding carboxylic acids is 5. The van der Waals surface area contributed by atoms with Crippen molar-refractivity contribution in [3.63, 3.8) is 0 Å². The van der Waals surface area contributed by atoms with Crippen LogP contribution in [0.4, 0.5) is 0 Å². The molecule has 4 N–H and O–H groups in total. The monoisotopic (exact) mass is 484 g/mol. The first-order chi connectivity index (χ1) is 16.1. The van der Waals surface area contributed by atoms with Gasteiger partial charge in [0.2, 0.25) is 5.91 Å². The third-order valence-corrected chi connectivity index (χ3v) is 8.26. The van der Waals surface area contributed by atoms with E-state index in [2.05, 4.69) is 0 Å². The van der Waals surface area contributed by atoms with Gasteiger partial charge < -0.3 is 15.9 Å². The lowest BCUT2D eigenvalue weighted by molar-refractivity contribution is -0.181. The number of amides is 1. The van der Waals surface area contributed by atoms with Crippen LogP contribution in [-0.2, 0) is 24.6 Å². The van der Waals surface area contributed by atoms with Gasteiger partial charge in [0.15, 0.2) is 34.7 Å². The zero-order valence-electron chi connectivity index (χ0n) is 20.8. The van der Waals surface area contributed by atoms with Gasteiger partial charge >= 0.3 is 0 Å². The largest absolute Gasteiger partial charge is 0.507 e. The smallest absolute Gasteiger partial charge is 0.235 e. The molecule has 2 fully saturated rings. The van der Waals surface area contributed by atoms with Crippen LogP contribution in [0, 0.1) is 23.7 Å². The Labute approximate surface area is 203 Å². The maximum atomic E-state index is 13.9. The van der Waals surface area contributed by atoms with Crippen molar-refractivity contribution in [2.45, 2.75) is 57.1 Å². The average molecular weight is 485 g/mol. The predicted octanol–water partition coefficient (Wildman–Crippen LogP) is 0.726. The van der Waals surface area contributed by atoms with E-state index >= 15 is 0 Å². The minimum Gasteiger partial charge on any atom is -0.507 e. The highest BCUT2D eigenvalue weighted by Crippen LogP contribution is 2.55. The SMILES string of the molecule is CC1c2ccc(C(C)(C)C)c(O)c2C(=O)C2C(=O)[C@@]3(O)C(=O)C(C(N)=O)C(=O)[C@H](N(C)C)[C@H]3CC21. The molecule has 1 amide bonds. The first-order valence-corrected chi connectivity index (χ1v) is 11.8. The molecule has 4 rings (SSSR count). The zero-order chi connectivity index (χ0) is 26.4. The lowest BCUT2D eigenvalue weighted by Gasteiger charge is -2.53. The van der Waals surface area contributed by atoms with Gasteiger partial charge in [-0.25, -0.2) is 0 Å². The number of hydrogen-bond donors (Lipinski definition) is 3. The van der Waals surface area contributed by atoms with Crippen LogP contribution in [0.1, 0.15) is 61.5 Å². The summed E-state index contributed by atoms with van der Waals surface area (Å²) in [5, 5.41) is 22.7. The van der Waals surface area contributed by atoms with Gasteiger partial charge in [-0.2, -0.15) is 0 Å². The normalized spacial score (nSPS) is 35.0. The van der Waals surface area contributed by atoms with E-state index in [0.29, 0.717) is 11.1 Å². The molecule has 7 atom stereocenters. The van der Waals surface area contributed by atoms with Crippen molar-refractivity contribution in [2.75, 3.05) is 14.1 Å². The molecule has 188 valence electrons. The van der Waals surface area contributed by atoms with Gasteiger partial charge in [-0.1, -0.05) is 39.8 Å². The second-order valence-electron chi connectivity index (χ2n) is 11.5. The van der Waals surface area contributed by atoms with Gasteiger partial charge in [0.25, 0.3) is 0 Å². The molecule has 0 aromatic heterocycles. The molecule has 9 heteroatoms. The highest BCUT2D eigenvalue weighted by molar-refractivity contribution is 6.32. The van der Waals surface area contributed by atoms with E-state index in [-0.39, 0.29) is 23.7 Å². The molecule has 1 aromatic carbocycles. The van der Waals surface area contributed by atoms with Crippen molar-refractivity contribution in [1.82, 2.24) is 4.90 Å². The Balaban J connectivity index is 1.91. The highest BCUT2D eigenvalue weighted by Gasteiger charge is 2.69. The van der Waals surface area contributed by atoms with Crippen molar-refractivity contribution >= 4 is 29.0 Å². The number of phenols is 1. The number of fused-ring (bicyclic) bond motifs is 3. The fourth-order valence-corrected chi connectivity index (χ4v) is 6.52. The number of hydrogen-bond acceptors (Lipinski definition) is 8. The van der Waals surface area contributed by atoms with Gasteiger partial charge in [0.1, 0.15) is 5.75 Å². The van der Waals surface area contributed by atoms with E-state index in [1.165, 1.54) is 4.90 Å². The van der Waals surface area contributed by atoms with Crippen molar-refractivity contribution in [1.29, 1.82) is 0 Å². The average Bonchev–Trinajstić information content (AvgIpc) is 2.72. The zero-order valence-corrected chi connectivity index (χ0v) is 20.8. The lowest BCUT2D eigenvalue weighted by Crippen LogP contribution is -2.74. The van der Waals surface area contributed by atoms with E-state index in [4.69, 9.17) is 5.73 Å². The first-order valence-electron chi connectivity index (χ1n) is 11.8. The molecule has 0 radical (unpaired) electrons. The van der Waals surface area contributed by atoms with Crippen molar-refractivity contribution in [3.8, 4) is 5.75 Å². The molecule has 4 unspecified atom stereocenters. The fourth-order valence-electron chi connectivity index (χ4n) is 6.52. The maximum Gasteiger partial charge on any atom is 0.235 e. The third-order valence-electron chi connectivity index (χ3n) is 8.26. The Hall–Kier alpha value is -2.91. The molecule has 0 aliphatic heterocycles. The summed E-state index contributed by atoms with van der Waals surface area (Å²) in [6.45, 7) is 7.49. The molecule has 1 aromatic rings. The van der Waals surface area contributed by atoms with Crippen LogP contribution >= 0.6 is 0 Å². The molecular formula is C26H32N2O7. The van der Waals surface area contributed by atoms with E-state index in [9.17, 15) is 34.2 Å². The molecule has 2 saturated carbocycles. The maximum absolute atomic E-state index is 13.9. The summed E-state index contributed by atoms with van der Waals surface area (Å²) < 4.78 is 0. The van der Waals surface area contributed by atoms with Crippen molar-refractivity contribution < 1.29 is 34.2 Å². The molecule has 0 spiro atoms. The van der Waals surface area contributed by atoms with Gasteiger partial charge in [0, 0.05) is 5.92 Å². The topological polar surface area (TPSA) is 155 Å². The van der Waals surface area contributed by atoms with Crippen LogP contribution in [0.15, 0.2) is 12.1 Å². The Kier molecular flexibility index (Phi) is 5.61. The summed E-state index contributed by atoms with van der Waals surface area (Å²) in [7, 11) is 3.12. The Morgan fingerprint density at radius 2 is 1.71 bits per heavy atom. The standard InChI is InChI=1S/C26H32N2O7/c1-10-11-7-8-13(25(2,3)4)19(29)15(11)20(30)16-12(10)9-14-18(28(5)6)21(31)17(24(27)34)23(33)26(14,35)22(16)32/h7-8,10,12,14,16-18,29,35H,9H2,1-6H3,(H2,27,34)/t10?,12?,14-,16?,17?,18-,26-/m1/s1. The number of aliphatic hydroxyl groups is 1. The Morgan fingerprint density at radius 3 is 2.23 bits per heavy atom. The van der Waals surface area contributed by atoms with Crippen molar-refractivity contribution in [2.24, 2.45) is 29.4 Å². The molecule has 0 heterocycles. The molecule has 9 nitrogen and oxygen atoms in total. The van der Waals surface area contributed by atoms with Crippen LogP contribution in [0.3, 0.4) is 0 Å². The fraction of sp³-hybridized carbons (Fsp3) is 0.577. The van der Waals surface area contributed by atoms with Crippen LogP contribution < -0.4 is 5.73 Å². The summed E-state index contributed by atoms with van der Waals surface area (Å²) in [6.07, 6.45) is 0.0346. The molecule has 3 aliphatic carbocycles. The number of carbonyl (C=O) groups is 5. The number of likely N-dealkylation sites (N-methyl/N-ethyl adjacent to an activating group) is 1. The summed E-state index contributed by atoms with van der Waals surface area (Å²) >= 11 is 0. The summed E-state index contributed by atoms with van der Waals surface area (Å²) in [4.78, 5) is 67.6. The number of aromatic hydroxyl groups is 1. The van der Waals surface area contributed by atoms with Gasteiger partial charge in [0.05, 0.1) is 17.5 Å². The third kappa shape index (κ3) is 3.24. The predicted molar refractivity (Wildman–Crippen MR) is 125 cm³/mol. The molecule has 3 aliphatic rings. The Bertz CT molecular complexity index is 1180. The van der Waals surface area contributed by atoms with Crippen molar-refractivity contribution in [3.05, 3.63) is 28.8 Å². The van der Waals surface area contributed by atoms with E-state index < -0.39 is 69.8 Å². The van der Waals surface area contributed by atoms with Crippen LogP contribution in [0.2, 0.25) is 0 Å².